The molecule has 2 aromatic carbocycles. The van der Waals surface area contributed by atoms with Crippen LogP contribution in [0.3, 0.4) is 0 Å². The highest BCUT2D eigenvalue weighted by Gasteiger charge is 2.23. The second kappa shape index (κ2) is 9.27. The van der Waals surface area contributed by atoms with E-state index in [-0.39, 0.29) is 23.1 Å². The number of aromatic nitrogens is 2. The monoisotopic (exact) mass is 435 g/mol. The SMILES string of the molecule is CC1CCCN(C(=O)CSc2nc3ccccc3c(=O)n2-c2ccccc2C(C)C)C1. The lowest BCUT2D eigenvalue weighted by atomic mass is 10.0. The molecule has 0 spiro atoms. The number of rotatable bonds is 5. The summed E-state index contributed by atoms with van der Waals surface area (Å²) in [4.78, 5) is 33.2. The number of piperidine rings is 1. The zero-order valence-corrected chi connectivity index (χ0v) is 19.2. The quantitative estimate of drug-likeness (QED) is 0.424. The van der Waals surface area contributed by atoms with Crippen molar-refractivity contribution in [3.05, 3.63) is 64.4 Å². The molecule has 6 heteroatoms. The largest absolute Gasteiger partial charge is 0.342 e. The van der Waals surface area contributed by atoms with Crippen molar-refractivity contribution in [2.45, 2.75) is 44.7 Å². The van der Waals surface area contributed by atoms with Crippen molar-refractivity contribution in [1.82, 2.24) is 14.5 Å². The first-order chi connectivity index (χ1) is 15.0. The predicted molar refractivity (Wildman–Crippen MR) is 127 cm³/mol. The van der Waals surface area contributed by atoms with E-state index in [4.69, 9.17) is 4.98 Å². The number of thioether (sulfide) groups is 1. The van der Waals surface area contributed by atoms with Gasteiger partial charge >= 0.3 is 0 Å². The molecule has 5 nitrogen and oxygen atoms in total. The van der Waals surface area contributed by atoms with Gasteiger partial charge in [-0.25, -0.2) is 4.98 Å². The Morgan fingerprint density at radius 3 is 2.68 bits per heavy atom. The maximum Gasteiger partial charge on any atom is 0.266 e. The van der Waals surface area contributed by atoms with Gasteiger partial charge < -0.3 is 4.90 Å². The van der Waals surface area contributed by atoms with E-state index in [1.54, 1.807) is 4.57 Å². The van der Waals surface area contributed by atoms with E-state index in [1.165, 1.54) is 18.2 Å². The van der Waals surface area contributed by atoms with Crippen LogP contribution in [0.15, 0.2) is 58.5 Å². The predicted octanol–water partition coefficient (Wildman–Crippen LogP) is 4.86. The van der Waals surface area contributed by atoms with E-state index < -0.39 is 0 Å². The van der Waals surface area contributed by atoms with Gasteiger partial charge in [0.2, 0.25) is 5.91 Å². The Morgan fingerprint density at radius 2 is 1.90 bits per heavy atom. The Balaban J connectivity index is 1.75. The number of fused-ring (bicyclic) bond motifs is 1. The topological polar surface area (TPSA) is 55.2 Å². The molecule has 2 heterocycles. The van der Waals surface area contributed by atoms with Crippen LogP contribution in [0.25, 0.3) is 16.6 Å². The van der Waals surface area contributed by atoms with Crippen molar-refractivity contribution < 1.29 is 4.79 Å². The minimum atomic E-state index is -0.0970. The van der Waals surface area contributed by atoms with E-state index >= 15 is 0 Å². The lowest BCUT2D eigenvalue weighted by molar-refractivity contribution is -0.130. The highest BCUT2D eigenvalue weighted by atomic mass is 32.2. The molecule has 1 unspecified atom stereocenters. The van der Waals surface area contributed by atoms with Crippen molar-refractivity contribution in [1.29, 1.82) is 0 Å². The zero-order chi connectivity index (χ0) is 22.0. The van der Waals surface area contributed by atoms with Crippen LogP contribution in [0.1, 0.15) is 45.1 Å². The number of hydrogen-bond acceptors (Lipinski definition) is 4. The summed E-state index contributed by atoms with van der Waals surface area (Å²) in [5, 5.41) is 1.15. The van der Waals surface area contributed by atoms with Crippen LogP contribution < -0.4 is 5.56 Å². The molecule has 0 aliphatic carbocycles. The minimum Gasteiger partial charge on any atom is -0.342 e. The molecule has 1 amide bonds. The van der Waals surface area contributed by atoms with E-state index in [0.717, 1.165) is 30.8 Å². The molecule has 0 bridgehead atoms. The Hall–Kier alpha value is -2.60. The summed E-state index contributed by atoms with van der Waals surface area (Å²) in [5.74, 6) is 1.19. The zero-order valence-electron chi connectivity index (χ0n) is 18.4. The Morgan fingerprint density at radius 1 is 1.16 bits per heavy atom. The van der Waals surface area contributed by atoms with Crippen molar-refractivity contribution in [2.24, 2.45) is 5.92 Å². The average Bonchev–Trinajstić information content (AvgIpc) is 2.77. The summed E-state index contributed by atoms with van der Waals surface area (Å²) in [6.45, 7) is 8.06. The molecular weight excluding hydrogens is 406 g/mol. The smallest absolute Gasteiger partial charge is 0.266 e. The lowest BCUT2D eigenvalue weighted by Crippen LogP contribution is -2.40. The Labute approximate surface area is 187 Å². The van der Waals surface area contributed by atoms with Gasteiger partial charge in [0.25, 0.3) is 5.56 Å². The van der Waals surface area contributed by atoms with Gasteiger partial charge in [-0.2, -0.15) is 0 Å². The van der Waals surface area contributed by atoms with Crippen molar-refractivity contribution >= 4 is 28.6 Å². The highest BCUT2D eigenvalue weighted by molar-refractivity contribution is 7.99. The molecule has 0 radical (unpaired) electrons. The molecule has 1 aliphatic rings. The van der Waals surface area contributed by atoms with Gasteiger partial charge in [0, 0.05) is 13.1 Å². The van der Waals surface area contributed by atoms with Crippen LogP contribution in [-0.4, -0.2) is 39.2 Å². The number of hydrogen-bond donors (Lipinski definition) is 0. The van der Waals surface area contributed by atoms with Crippen LogP contribution in [0.5, 0.6) is 0 Å². The third-order valence-electron chi connectivity index (χ3n) is 5.88. The van der Waals surface area contributed by atoms with E-state index in [9.17, 15) is 9.59 Å². The van der Waals surface area contributed by atoms with E-state index in [0.29, 0.717) is 22.0 Å². The molecule has 31 heavy (non-hydrogen) atoms. The normalized spacial score (nSPS) is 16.8. The van der Waals surface area contributed by atoms with Gasteiger partial charge in [0.15, 0.2) is 5.16 Å². The number of carbonyl (C=O) groups is 1. The third-order valence-corrected chi connectivity index (χ3v) is 6.80. The second-order valence-corrected chi connectivity index (χ2v) is 9.58. The second-order valence-electron chi connectivity index (χ2n) is 8.64. The fraction of sp³-hybridized carbons (Fsp3) is 0.400. The number of likely N-dealkylation sites (tertiary alicyclic amines) is 1. The summed E-state index contributed by atoms with van der Waals surface area (Å²) in [6, 6.07) is 15.4. The minimum absolute atomic E-state index is 0.0970. The van der Waals surface area contributed by atoms with Crippen LogP contribution in [0.4, 0.5) is 0 Å². The van der Waals surface area contributed by atoms with Gasteiger partial charge in [0.05, 0.1) is 22.3 Å². The Kier molecular flexibility index (Phi) is 6.46. The number of para-hydroxylation sites is 2. The van der Waals surface area contributed by atoms with Gasteiger partial charge in [-0.05, 0) is 48.4 Å². The molecular formula is C25H29N3O2S. The maximum absolute atomic E-state index is 13.5. The van der Waals surface area contributed by atoms with E-state index in [1.807, 2.05) is 47.4 Å². The number of amides is 1. The summed E-state index contributed by atoms with van der Waals surface area (Å²) >= 11 is 1.35. The van der Waals surface area contributed by atoms with Gasteiger partial charge in [-0.3, -0.25) is 14.2 Å². The molecule has 1 aliphatic heterocycles. The fourth-order valence-electron chi connectivity index (χ4n) is 4.23. The van der Waals surface area contributed by atoms with Crippen molar-refractivity contribution in [3.8, 4) is 5.69 Å². The third kappa shape index (κ3) is 4.54. The number of nitrogens with zero attached hydrogens (tertiary/aromatic N) is 3. The van der Waals surface area contributed by atoms with Gasteiger partial charge in [-0.15, -0.1) is 0 Å². The van der Waals surface area contributed by atoms with E-state index in [2.05, 4.69) is 26.8 Å². The summed E-state index contributed by atoms with van der Waals surface area (Å²) in [6.07, 6.45) is 2.23. The molecule has 162 valence electrons. The van der Waals surface area contributed by atoms with Crippen molar-refractivity contribution in [2.75, 3.05) is 18.8 Å². The first-order valence-corrected chi connectivity index (χ1v) is 12.0. The highest BCUT2D eigenvalue weighted by Crippen LogP contribution is 2.27. The van der Waals surface area contributed by atoms with Gasteiger partial charge in [0.1, 0.15) is 0 Å². The molecule has 1 fully saturated rings. The molecule has 4 rings (SSSR count). The first-order valence-electron chi connectivity index (χ1n) is 11.0. The molecule has 1 aromatic heterocycles. The van der Waals surface area contributed by atoms with Crippen LogP contribution >= 0.6 is 11.8 Å². The number of benzene rings is 2. The molecule has 1 saturated heterocycles. The maximum atomic E-state index is 13.5. The summed E-state index contributed by atoms with van der Waals surface area (Å²) in [7, 11) is 0. The van der Waals surface area contributed by atoms with Crippen LogP contribution in [0, 0.1) is 5.92 Å². The molecule has 0 saturated carbocycles. The van der Waals surface area contributed by atoms with Crippen LogP contribution in [0.2, 0.25) is 0 Å². The Bertz CT molecular complexity index is 1150. The average molecular weight is 436 g/mol. The molecule has 0 N–H and O–H groups in total. The number of carbonyl (C=O) groups excluding carboxylic acids is 1. The first kappa shape index (κ1) is 21.6. The fourth-order valence-corrected chi connectivity index (χ4v) is 5.14. The lowest BCUT2D eigenvalue weighted by Gasteiger charge is -2.30. The standard InChI is InChI=1S/C25H29N3O2S/c1-17(2)19-10-5-7-13-22(19)28-24(30)20-11-4-6-12-21(20)26-25(28)31-16-23(29)27-14-8-9-18(3)15-27/h4-7,10-13,17-18H,8-9,14-16H2,1-3H3. The van der Waals surface area contributed by atoms with Crippen molar-refractivity contribution in [3.63, 3.8) is 0 Å². The summed E-state index contributed by atoms with van der Waals surface area (Å²) in [5.41, 5.74) is 2.48. The summed E-state index contributed by atoms with van der Waals surface area (Å²) < 4.78 is 1.69. The molecule has 3 aromatic rings. The van der Waals surface area contributed by atoms with Crippen LogP contribution in [-0.2, 0) is 4.79 Å². The molecule has 1 atom stereocenters. The van der Waals surface area contributed by atoms with Gasteiger partial charge in [-0.1, -0.05) is 62.9 Å².